The van der Waals surface area contributed by atoms with Gasteiger partial charge in [0.15, 0.2) is 6.61 Å². The van der Waals surface area contributed by atoms with Gasteiger partial charge < -0.3 is 15.0 Å². The Morgan fingerprint density at radius 2 is 1.88 bits per heavy atom. The van der Waals surface area contributed by atoms with Crippen molar-refractivity contribution in [2.45, 2.75) is 26.3 Å². The van der Waals surface area contributed by atoms with Crippen molar-refractivity contribution in [1.29, 1.82) is 0 Å². The van der Waals surface area contributed by atoms with Crippen molar-refractivity contribution in [2.75, 3.05) is 27.2 Å². The Morgan fingerprint density at radius 3 is 2.48 bits per heavy atom. The fourth-order valence-corrected chi connectivity index (χ4v) is 2.69. The zero-order valence-corrected chi connectivity index (χ0v) is 15.6. The quantitative estimate of drug-likeness (QED) is 0.801. The Hall–Kier alpha value is -2.33. The molecule has 1 atom stereocenters. The highest BCUT2D eigenvalue weighted by Gasteiger charge is 2.15. The first-order chi connectivity index (χ1) is 12.0. The first kappa shape index (κ1) is 19.0. The van der Waals surface area contributed by atoms with Crippen LogP contribution in [0.2, 0.25) is 0 Å². The largest absolute Gasteiger partial charge is 0.484 e. The van der Waals surface area contributed by atoms with Gasteiger partial charge in [0.25, 0.3) is 5.91 Å². The lowest BCUT2D eigenvalue weighted by atomic mass is 10.0. The van der Waals surface area contributed by atoms with Gasteiger partial charge in [-0.25, -0.2) is 0 Å². The van der Waals surface area contributed by atoms with E-state index in [-0.39, 0.29) is 18.6 Å². The molecule has 1 amide bonds. The van der Waals surface area contributed by atoms with Crippen LogP contribution in [0.1, 0.15) is 29.7 Å². The first-order valence-corrected chi connectivity index (χ1v) is 8.71. The first-order valence-electron chi connectivity index (χ1n) is 8.71. The number of amides is 1. The predicted molar refractivity (Wildman–Crippen MR) is 102 cm³/mol. The van der Waals surface area contributed by atoms with Crippen molar-refractivity contribution >= 4 is 5.91 Å². The zero-order chi connectivity index (χ0) is 18.2. The number of hydrogen-bond donors (Lipinski definition) is 1. The van der Waals surface area contributed by atoms with E-state index in [9.17, 15) is 4.79 Å². The minimum Gasteiger partial charge on any atom is -0.484 e. The summed E-state index contributed by atoms with van der Waals surface area (Å²) < 4.78 is 5.55. The van der Waals surface area contributed by atoms with E-state index in [1.807, 2.05) is 45.3 Å². The van der Waals surface area contributed by atoms with Crippen LogP contribution in [0, 0.1) is 6.92 Å². The molecule has 0 saturated heterocycles. The molecule has 0 aromatic heterocycles. The normalized spacial score (nSPS) is 12.0. The highest BCUT2D eigenvalue weighted by molar-refractivity contribution is 5.77. The van der Waals surface area contributed by atoms with E-state index < -0.39 is 0 Å². The molecule has 0 heterocycles. The lowest BCUT2D eigenvalue weighted by molar-refractivity contribution is -0.123. The van der Waals surface area contributed by atoms with Crippen LogP contribution in [0.15, 0.2) is 48.5 Å². The second-order valence-electron chi connectivity index (χ2n) is 6.48. The van der Waals surface area contributed by atoms with Crippen LogP contribution in [0.3, 0.4) is 0 Å². The smallest absolute Gasteiger partial charge is 0.258 e. The van der Waals surface area contributed by atoms with Gasteiger partial charge in [0.05, 0.1) is 6.04 Å². The maximum Gasteiger partial charge on any atom is 0.258 e. The summed E-state index contributed by atoms with van der Waals surface area (Å²) in [6.07, 6.45) is 1.03. The van der Waals surface area contributed by atoms with Gasteiger partial charge in [-0.2, -0.15) is 0 Å². The molecule has 4 heteroatoms. The van der Waals surface area contributed by atoms with Gasteiger partial charge in [0.1, 0.15) is 5.75 Å². The molecule has 0 aliphatic rings. The van der Waals surface area contributed by atoms with E-state index >= 15 is 0 Å². The average molecular weight is 340 g/mol. The third-order valence-electron chi connectivity index (χ3n) is 4.25. The summed E-state index contributed by atoms with van der Waals surface area (Å²) in [7, 11) is 4.04. The third-order valence-corrected chi connectivity index (χ3v) is 4.25. The summed E-state index contributed by atoms with van der Waals surface area (Å²) in [5.41, 5.74) is 3.63. The Morgan fingerprint density at radius 1 is 1.16 bits per heavy atom. The summed E-state index contributed by atoms with van der Waals surface area (Å²) in [5.74, 6) is 0.605. The highest BCUT2D eigenvalue weighted by atomic mass is 16.5. The maximum absolute atomic E-state index is 12.1. The molecule has 0 fully saturated rings. The zero-order valence-electron chi connectivity index (χ0n) is 15.6. The molecule has 0 saturated carbocycles. The number of rotatable bonds is 8. The third kappa shape index (κ3) is 5.91. The van der Waals surface area contributed by atoms with E-state index in [2.05, 4.69) is 41.4 Å². The van der Waals surface area contributed by atoms with Crippen LogP contribution in [0.5, 0.6) is 5.75 Å². The molecule has 134 valence electrons. The molecule has 0 spiro atoms. The molecular weight excluding hydrogens is 312 g/mol. The van der Waals surface area contributed by atoms with Crippen molar-refractivity contribution in [2.24, 2.45) is 0 Å². The number of carbonyl (C=O) groups excluding carboxylic acids is 1. The van der Waals surface area contributed by atoms with E-state index in [4.69, 9.17) is 4.74 Å². The number of ether oxygens (including phenoxy) is 1. The van der Waals surface area contributed by atoms with E-state index in [1.54, 1.807) is 0 Å². The van der Waals surface area contributed by atoms with Gasteiger partial charge in [0.2, 0.25) is 0 Å². The highest BCUT2D eigenvalue weighted by Crippen LogP contribution is 2.18. The standard InChI is InChI=1S/C21H28N2O2/c1-5-17-9-11-18(12-10-17)20(23(3)4)14-22-21(24)15-25-19-8-6-7-16(2)13-19/h6-13,20H,5,14-15H2,1-4H3,(H,22,24). The van der Waals surface area contributed by atoms with E-state index in [0.29, 0.717) is 6.54 Å². The molecule has 0 bridgehead atoms. The van der Waals surface area contributed by atoms with Gasteiger partial charge in [-0.05, 0) is 56.3 Å². The monoisotopic (exact) mass is 340 g/mol. The molecular formula is C21H28N2O2. The Labute approximate surface area is 150 Å². The number of nitrogens with one attached hydrogen (secondary N) is 1. The van der Waals surface area contributed by atoms with Crippen LogP contribution in [-0.4, -0.2) is 38.1 Å². The number of aryl methyl sites for hydroxylation is 2. The summed E-state index contributed by atoms with van der Waals surface area (Å²) in [6, 6.07) is 16.4. The molecule has 4 nitrogen and oxygen atoms in total. The summed E-state index contributed by atoms with van der Waals surface area (Å²) in [5, 5.41) is 2.97. The van der Waals surface area contributed by atoms with Crippen LogP contribution in [0.25, 0.3) is 0 Å². The summed E-state index contributed by atoms with van der Waals surface area (Å²) >= 11 is 0. The molecule has 0 radical (unpaired) electrons. The predicted octanol–water partition coefficient (Wildman–Crippen LogP) is 3.36. The second-order valence-corrected chi connectivity index (χ2v) is 6.48. The van der Waals surface area contributed by atoms with Crippen LogP contribution >= 0.6 is 0 Å². The van der Waals surface area contributed by atoms with Crippen molar-refractivity contribution in [3.05, 3.63) is 65.2 Å². The number of nitrogens with zero attached hydrogens (tertiary/aromatic N) is 1. The Kier molecular flexibility index (Phi) is 7.02. The molecule has 2 rings (SSSR count). The van der Waals surface area contributed by atoms with E-state index in [0.717, 1.165) is 17.7 Å². The molecule has 25 heavy (non-hydrogen) atoms. The molecule has 2 aromatic rings. The van der Waals surface area contributed by atoms with Crippen LogP contribution < -0.4 is 10.1 Å². The van der Waals surface area contributed by atoms with Crippen LogP contribution in [-0.2, 0) is 11.2 Å². The SMILES string of the molecule is CCc1ccc(C(CNC(=O)COc2cccc(C)c2)N(C)C)cc1. The number of hydrogen-bond acceptors (Lipinski definition) is 3. The van der Waals surface area contributed by atoms with Crippen molar-refractivity contribution < 1.29 is 9.53 Å². The Balaban J connectivity index is 1.88. The average Bonchev–Trinajstić information content (AvgIpc) is 2.60. The van der Waals surface area contributed by atoms with Gasteiger partial charge in [-0.3, -0.25) is 4.79 Å². The second kappa shape index (κ2) is 9.23. The fraction of sp³-hybridized carbons (Fsp3) is 0.381. The van der Waals surface area contributed by atoms with Gasteiger partial charge in [0, 0.05) is 6.54 Å². The lowest BCUT2D eigenvalue weighted by Crippen LogP contribution is -2.36. The minimum atomic E-state index is -0.112. The van der Waals surface area contributed by atoms with Gasteiger partial charge >= 0.3 is 0 Å². The van der Waals surface area contributed by atoms with Gasteiger partial charge in [-0.1, -0.05) is 43.3 Å². The topological polar surface area (TPSA) is 41.6 Å². The molecule has 1 N–H and O–H groups in total. The van der Waals surface area contributed by atoms with Crippen molar-refractivity contribution in [3.63, 3.8) is 0 Å². The maximum atomic E-state index is 12.1. The van der Waals surface area contributed by atoms with Crippen LogP contribution in [0.4, 0.5) is 0 Å². The Bertz CT molecular complexity index is 681. The van der Waals surface area contributed by atoms with Crippen molar-refractivity contribution in [1.82, 2.24) is 10.2 Å². The molecule has 2 aromatic carbocycles. The molecule has 0 aliphatic heterocycles. The van der Waals surface area contributed by atoms with E-state index in [1.165, 1.54) is 11.1 Å². The van der Waals surface area contributed by atoms with Gasteiger partial charge in [-0.15, -0.1) is 0 Å². The summed E-state index contributed by atoms with van der Waals surface area (Å²) in [4.78, 5) is 14.2. The summed E-state index contributed by atoms with van der Waals surface area (Å²) in [6.45, 7) is 4.72. The minimum absolute atomic E-state index is 0.0262. The van der Waals surface area contributed by atoms with Crippen molar-refractivity contribution in [3.8, 4) is 5.75 Å². The molecule has 0 aliphatic carbocycles. The number of likely N-dealkylation sites (N-methyl/N-ethyl adjacent to an activating group) is 1. The fourth-order valence-electron chi connectivity index (χ4n) is 2.69. The number of carbonyl (C=O) groups is 1. The lowest BCUT2D eigenvalue weighted by Gasteiger charge is -2.25. The molecule has 1 unspecified atom stereocenters. The number of benzene rings is 2.